The fraction of sp³-hybridized carbons (Fsp3) is 0.409. The first-order chi connectivity index (χ1) is 13.8. The van der Waals surface area contributed by atoms with Crippen molar-refractivity contribution in [2.75, 3.05) is 51.8 Å². The summed E-state index contributed by atoms with van der Waals surface area (Å²) in [7, 11) is 3.41. The number of piperazine rings is 1. The van der Waals surface area contributed by atoms with Gasteiger partial charge in [0.25, 0.3) is 0 Å². The predicted octanol–water partition coefficient (Wildman–Crippen LogP) is 3.78. The maximum atomic E-state index is 5.48. The topological polar surface area (TPSA) is 37.8 Å². The molecule has 1 fully saturated rings. The molecule has 6 heteroatoms. The van der Waals surface area contributed by atoms with Crippen LogP contribution in [0.25, 0.3) is 10.1 Å². The van der Waals surface area contributed by atoms with Crippen LogP contribution in [0, 0.1) is 0 Å². The number of aromatic nitrogens is 1. The third-order valence-electron chi connectivity index (χ3n) is 6.06. The van der Waals surface area contributed by atoms with Gasteiger partial charge in [-0.05, 0) is 53.3 Å². The van der Waals surface area contributed by atoms with Crippen molar-refractivity contribution in [3.05, 3.63) is 47.5 Å². The van der Waals surface area contributed by atoms with Crippen LogP contribution in [0.1, 0.15) is 17.0 Å². The SMILES string of the molecule is COc1cc2c(cc1OC)[C@H](CN1CCN(c3nsc4ccccc34)CC1)C2. The third kappa shape index (κ3) is 3.01. The van der Waals surface area contributed by atoms with Crippen molar-refractivity contribution >= 4 is 27.4 Å². The number of anilines is 1. The zero-order valence-corrected chi connectivity index (χ0v) is 17.2. The number of benzene rings is 2. The van der Waals surface area contributed by atoms with Crippen LogP contribution < -0.4 is 14.4 Å². The maximum absolute atomic E-state index is 5.48. The predicted molar refractivity (Wildman–Crippen MR) is 114 cm³/mol. The molecule has 5 rings (SSSR count). The van der Waals surface area contributed by atoms with Gasteiger partial charge in [-0.1, -0.05) is 12.1 Å². The summed E-state index contributed by atoms with van der Waals surface area (Å²) >= 11 is 1.60. The Morgan fingerprint density at radius 2 is 1.79 bits per heavy atom. The summed E-state index contributed by atoms with van der Waals surface area (Å²) in [4.78, 5) is 5.04. The standard InChI is InChI=1S/C22H25N3O2S/c1-26-19-12-15-11-16(18(15)13-20(19)27-2)14-24-7-9-25(10-8-24)22-17-5-3-4-6-21(17)28-23-22/h3-6,12-13,16H,7-11,14H2,1-2H3/t16-/m0/s1. The Labute approximate surface area is 169 Å². The van der Waals surface area contributed by atoms with Crippen molar-refractivity contribution in [3.63, 3.8) is 0 Å². The number of ether oxygens (including phenoxy) is 2. The second-order valence-corrected chi connectivity index (χ2v) is 8.40. The van der Waals surface area contributed by atoms with Gasteiger partial charge in [0, 0.05) is 44.0 Å². The summed E-state index contributed by atoms with van der Waals surface area (Å²) in [5.74, 6) is 3.43. The van der Waals surface area contributed by atoms with Crippen LogP contribution in [0.3, 0.4) is 0 Å². The van der Waals surface area contributed by atoms with Gasteiger partial charge in [-0.2, -0.15) is 4.37 Å². The fourth-order valence-corrected chi connectivity index (χ4v) is 5.25. The third-order valence-corrected chi connectivity index (χ3v) is 6.88. The summed E-state index contributed by atoms with van der Waals surface area (Å²) in [6.07, 6.45) is 1.13. The normalized spacial score (nSPS) is 19.4. The fourth-order valence-electron chi connectivity index (χ4n) is 4.46. The molecule has 0 saturated carbocycles. The van der Waals surface area contributed by atoms with Crippen molar-refractivity contribution in [2.45, 2.75) is 12.3 Å². The molecule has 2 heterocycles. The van der Waals surface area contributed by atoms with Crippen LogP contribution in [-0.2, 0) is 6.42 Å². The Morgan fingerprint density at radius 3 is 2.57 bits per heavy atom. The minimum absolute atomic E-state index is 0.599. The first kappa shape index (κ1) is 17.8. The van der Waals surface area contributed by atoms with Gasteiger partial charge < -0.3 is 14.4 Å². The number of fused-ring (bicyclic) bond motifs is 2. The lowest BCUT2D eigenvalue weighted by Crippen LogP contribution is -2.48. The van der Waals surface area contributed by atoms with E-state index in [9.17, 15) is 0 Å². The summed E-state index contributed by atoms with van der Waals surface area (Å²) in [6.45, 7) is 5.38. The first-order valence-electron chi connectivity index (χ1n) is 9.83. The van der Waals surface area contributed by atoms with E-state index in [1.165, 1.54) is 21.2 Å². The van der Waals surface area contributed by atoms with Crippen LogP contribution >= 0.6 is 11.5 Å². The Bertz CT molecular complexity index is 995. The van der Waals surface area contributed by atoms with Gasteiger partial charge in [-0.3, -0.25) is 4.90 Å². The number of rotatable bonds is 5. The van der Waals surface area contributed by atoms with Gasteiger partial charge in [-0.15, -0.1) is 0 Å². The van der Waals surface area contributed by atoms with Crippen LogP contribution in [0.2, 0.25) is 0 Å². The maximum Gasteiger partial charge on any atom is 0.161 e. The van der Waals surface area contributed by atoms with Crippen LogP contribution in [0.15, 0.2) is 36.4 Å². The molecular weight excluding hydrogens is 370 g/mol. The zero-order chi connectivity index (χ0) is 19.1. The minimum atomic E-state index is 0.599. The zero-order valence-electron chi connectivity index (χ0n) is 16.4. The molecule has 1 aromatic heterocycles. The Kier molecular flexibility index (Phi) is 4.61. The smallest absolute Gasteiger partial charge is 0.161 e. The Hall–Kier alpha value is -2.31. The van der Waals surface area contributed by atoms with Gasteiger partial charge in [0.2, 0.25) is 0 Å². The van der Waals surface area contributed by atoms with Gasteiger partial charge >= 0.3 is 0 Å². The molecule has 146 valence electrons. The van der Waals surface area contributed by atoms with Crippen LogP contribution in [0.5, 0.6) is 11.5 Å². The molecule has 0 amide bonds. The Balaban J connectivity index is 1.23. The quantitative estimate of drug-likeness (QED) is 0.657. The van der Waals surface area contributed by atoms with Gasteiger partial charge in [-0.25, -0.2) is 0 Å². The highest BCUT2D eigenvalue weighted by Gasteiger charge is 2.31. The van der Waals surface area contributed by atoms with E-state index in [1.807, 2.05) is 0 Å². The number of nitrogens with zero attached hydrogens (tertiary/aromatic N) is 3. The van der Waals surface area contributed by atoms with Crippen molar-refractivity contribution in [3.8, 4) is 11.5 Å². The molecule has 2 aromatic carbocycles. The van der Waals surface area contributed by atoms with E-state index in [-0.39, 0.29) is 0 Å². The molecule has 0 N–H and O–H groups in total. The lowest BCUT2D eigenvalue weighted by atomic mass is 9.77. The molecule has 0 spiro atoms. The van der Waals surface area contributed by atoms with E-state index in [0.29, 0.717) is 5.92 Å². The molecule has 1 atom stereocenters. The van der Waals surface area contributed by atoms with E-state index < -0.39 is 0 Å². The lowest BCUT2D eigenvalue weighted by molar-refractivity contribution is 0.234. The molecular formula is C22H25N3O2S. The average molecular weight is 396 g/mol. The van der Waals surface area contributed by atoms with Crippen molar-refractivity contribution in [1.29, 1.82) is 0 Å². The lowest BCUT2D eigenvalue weighted by Gasteiger charge is -2.40. The largest absolute Gasteiger partial charge is 0.493 e. The van der Waals surface area contributed by atoms with Gasteiger partial charge in [0.1, 0.15) is 5.82 Å². The monoisotopic (exact) mass is 395 g/mol. The van der Waals surface area contributed by atoms with Crippen LogP contribution in [0.4, 0.5) is 5.82 Å². The molecule has 0 radical (unpaired) electrons. The highest BCUT2D eigenvalue weighted by atomic mass is 32.1. The van der Waals surface area contributed by atoms with Gasteiger partial charge in [0.05, 0.1) is 18.9 Å². The van der Waals surface area contributed by atoms with E-state index in [0.717, 1.165) is 56.5 Å². The summed E-state index contributed by atoms with van der Waals surface area (Å²) < 4.78 is 16.9. The van der Waals surface area contributed by atoms with E-state index in [1.54, 1.807) is 25.8 Å². The van der Waals surface area contributed by atoms with E-state index >= 15 is 0 Å². The second-order valence-electron chi connectivity index (χ2n) is 7.60. The first-order valence-corrected chi connectivity index (χ1v) is 10.6. The minimum Gasteiger partial charge on any atom is -0.493 e. The molecule has 1 aliphatic carbocycles. The molecule has 0 unspecified atom stereocenters. The summed E-state index contributed by atoms with van der Waals surface area (Å²) in [5.41, 5.74) is 2.82. The Morgan fingerprint density at radius 1 is 1.04 bits per heavy atom. The molecule has 3 aromatic rings. The molecule has 1 aliphatic heterocycles. The van der Waals surface area contributed by atoms with Crippen molar-refractivity contribution < 1.29 is 9.47 Å². The second kappa shape index (κ2) is 7.26. The highest BCUT2D eigenvalue weighted by Crippen LogP contribution is 2.42. The number of methoxy groups -OCH3 is 2. The van der Waals surface area contributed by atoms with Crippen molar-refractivity contribution in [2.24, 2.45) is 0 Å². The summed E-state index contributed by atoms with van der Waals surface area (Å²) in [5, 5.41) is 1.29. The average Bonchev–Trinajstić information content (AvgIpc) is 3.16. The molecule has 2 aliphatic rings. The summed E-state index contributed by atoms with van der Waals surface area (Å²) in [6, 6.07) is 12.8. The van der Waals surface area contributed by atoms with E-state index in [2.05, 4.69) is 46.2 Å². The number of hydrogen-bond donors (Lipinski definition) is 0. The number of hydrogen-bond acceptors (Lipinski definition) is 6. The van der Waals surface area contributed by atoms with Crippen molar-refractivity contribution in [1.82, 2.24) is 9.27 Å². The molecule has 28 heavy (non-hydrogen) atoms. The van der Waals surface area contributed by atoms with Crippen LogP contribution in [-0.4, -0.2) is 56.2 Å². The molecule has 5 nitrogen and oxygen atoms in total. The molecule has 1 saturated heterocycles. The molecule has 0 bridgehead atoms. The highest BCUT2D eigenvalue weighted by molar-refractivity contribution is 7.13. The van der Waals surface area contributed by atoms with Gasteiger partial charge in [0.15, 0.2) is 11.5 Å². The van der Waals surface area contributed by atoms with E-state index in [4.69, 9.17) is 13.8 Å².